The lowest BCUT2D eigenvalue weighted by Crippen LogP contribution is -2.18. The van der Waals surface area contributed by atoms with Gasteiger partial charge in [-0.05, 0) is 25.9 Å². The third-order valence-electron chi connectivity index (χ3n) is 1.37. The van der Waals surface area contributed by atoms with E-state index in [9.17, 15) is 0 Å². The molecule has 0 saturated carbocycles. The zero-order chi connectivity index (χ0) is 5.11. The first kappa shape index (κ1) is 5.88. The molecule has 1 saturated heterocycles. The van der Waals surface area contributed by atoms with Crippen molar-refractivity contribution in [1.82, 2.24) is 4.81 Å². The molecule has 0 bridgehead atoms. The Labute approximate surface area is 58.6 Å². The van der Waals surface area contributed by atoms with E-state index in [1.165, 1.54) is 31.2 Å². The second-order valence-electron chi connectivity index (χ2n) is 1.94. The first-order valence-electron chi connectivity index (χ1n) is 2.72. The molecule has 0 aromatic carbocycles. The highest BCUT2D eigenvalue weighted by molar-refractivity contribution is 14.1. The first-order chi connectivity index (χ1) is 3.43. The van der Waals surface area contributed by atoms with Gasteiger partial charge in [-0.15, -0.1) is 22.4 Å². The number of nitrogens with zero attached hydrogens (tertiary/aromatic N) is 1. The van der Waals surface area contributed by atoms with Crippen molar-refractivity contribution in [3.05, 3.63) is 0 Å². The molecule has 0 N–H and O–H groups in total. The van der Waals surface area contributed by atoms with Crippen LogP contribution in [-0.2, 0) is 0 Å². The Morgan fingerprint density at radius 3 is 2.14 bits per heavy atom. The minimum Gasteiger partial charge on any atom is -0.336 e. The van der Waals surface area contributed by atoms with E-state index in [1.807, 2.05) is 0 Å². The molecule has 1 rings (SSSR count). The maximum absolute atomic E-state index is 2.47. The van der Waals surface area contributed by atoms with Gasteiger partial charge >= 0.3 is 0 Å². The van der Waals surface area contributed by atoms with Crippen LogP contribution in [0.4, 0.5) is 0 Å². The van der Waals surface area contributed by atoms with E-state index in [-0.39, 0.29) is 0 Å². The molecule has 3 heteroatoms. The van der Waals surface area contributed by atoms with Crippen molar-refractivity contribution in [3.63, 3.8) is 0 Å². The average molecular weight is 209 g/mol. The van der Waals surface area contributed by atoms with Gasteiger partial charge in [0.15, 0.2) is 0 Å². The van der Waals surface area contributed by atoms with E-state index in [2.05, 4.69) is 27.2 Å². The second kappa shape index (κ2) is 2.92. The Balaban J connectivity index is 2.14. The highest BCUT2D eigenvalue weighted by Crippen LogP contribution is 2.06. The van der Waals surface area contributed by atoms with Crippen LogP contribution in [0.1, 0.15) is 12.8 Å². The van der Waals surface area contributed by atoms with Gasteiger partial charge in [-0.2, -0.15) is 0 Å². The molecule has 0 atom stereocenters. The quantitative estimate of drug-likeness (QED) is 0.455. The zero-order valence-electron chi connectivity index (χ0n) is 4.36. The maximum atomic E-state index is 2.47. The van der Waals surface area contributed by atoms with Gasteiger partial charge in [0.2, 0.25) is 0 Å². The largest absolute Gasteiger partial charge is 0.336 e. The summed E-state index contributed by atoms with van der Waals surface area (Å²) >= 11 is 2.42. The van der Waals surface area contributed by atoms with E-state index < -0.39 is 0 Å². The molecule has 1 fully saturated rings. The third-order valence-corrected chi connectivity index (χ3v) is 2.33. The molecule has 0 aromatic heterocycles. The fourth-order valence-corrected chi connectivity index (χ4v) is 1.58. The molecule has 0 radical (unpaired) electrons. The van der Waals surface area contributed by atoms with Crippen LogP contribution in [0, 0.1) is 0 Å². The van der Waals surface area contributed by atoms with E-state index in [0.717, 1.165) is 0 Å². The van der Waals surface area contributed by atoms with Crippen molar-refractivity contribution in [2.75, 3.05) is 13.1 Å². The van der Waals surface area contributed by atoms with Gasteiger partial charge < -0.3 is 4.81 Å². The molecule has 1 aliphatic rings. The van der Waals surface area contributed by atoms with E-state index in [1.54, 1.807) is 0 Å². The van der Waals surface area contributed by atoms with Gasteiger partial charge in [0.05, 0.1) is 0 Å². The Kier molecular flexibility index (Phi) is 2.45. The molecular weight excluding hydrogens is 200 g/mol. The van der Waals surface area contributed by atoms with Crippen LogP contribution < -0.4 is 0 Å². The molecule has 0 unspecified atom stereocenters. The Morgan fingerprint density at radius 2 is 1.86 bits per heavy atom. The highest BCUT2D eigenvalue weighted by atomic mass is 127. The third kappa shape index (κ3) is 1.60. The maximum Gasteiger partial charge on any atom is 0.280 e. The summed E-state index contributed by atoms with van der Waals surface area (Å²) in [5.74, 6) is 0. The number of hydrogen-bond donors (Lipinski definition) is 0. The average Bonchev–Trinajstić information content (AvgIpc) is 2.14. The first-order valence-corrected chi connectivity index (χ1v) is 4.24. The van der Waals surface area contributed by atoms with Crippen molar-refractivity contribution in [1.29, 1.82) is 0 Å². The zero-order valence-corrected chi connectivity index (χ0v) is 6.52. The fourth-order valence-electron chi connectivity index (χ4n) is 0.902. The van der Waals surface area contributed by atoms with Crippen LogP contribution in [-0.4, -0.2) is 23.2 Å². The van der Waals surface area contributed by atoms with Crippen molar-refractivity contribution in [2.45, 2.75) is 12.8 Å². The SMILES string of the molecule is IBN1CCCC1. The van der Waals surface area contributed by atoms with Crippen LogP contribution in [0.2, 0.25) is 0 Å². The topological polar surface area (TPSA) is 3.24 Å². The van der Waals surface area contributed by atoms with Gasteiger partial charge in [-0.25, -0.2) is 0 Å². The minimum absolute atomic E-state index is 1.22. The van der Waals surface area contributed by atoms with Crippen LogP contribution >= 0.6 is 22.4 Å². The van der Waals surface area contributed by atoms with E-state index in [0.29, 0.717) is 0 Å². The lowest BCUT2D eigenvalue weighted by molar-refractivity contribution is 0.563. The molecule has 0 amide bonds. The standard InChI is InChI=1S/C4H9BIN/c6-5-7-3-1-2-4-7/h5H,1-4H2. The molecule has 1 aliphatic heterocycles. The summed E-state index contributed by atoms with van der Waals surface area (Å²) in [6.07, 6.45) is 2.84. The molecular formula is C4H9BIN. The molecule has 0 aromatic rings. The monoisotopic (exact) mass is 209 g/mol. The number of hydrogen-bond acceptors (Lipinski definition) is 1. The minimum atomic E-state index is 1.22. The summed E-state index contributed by atoms with van der Waals surface area (Å²) in [5, 5.41) is 1.22. The van der Waals surface area contributed by atoms with Gasteiger partial charge in [0, 0.05) is 0 Å². The smallest absolute Gasteiger partial charge is 0.280 e. The van der Waals surface area contributed by atoms with Crippen molar-refractivity contribution >= 4 is 27.6 Å². The lowest BCUT2D eigenvalue weighted by Gasteiger charge is -2.05. The lowest BCUT2D eigenvalue weighted by atomic mass is 10.3. The predicted octanol–water partition coefficient (Wildman–Crippen LogP) is 0.784. The van der Waals surface area contributed by atoms with E-state index >= 15 is 0 Å². The normalized spacial score (nSPS) is 23.0. The number of rotatable bonds is 1. The molecule has 7 heavy (non-hydrogen) atoms. The van der Waals surface area contributed by atoms with Crippen molar-refractivity contribution < 1.29 is 0 Å². The van der Waals surface area contributed by atoms with Crippen LogP contribution in [0.3, 0.4) is 0 Å². The fraction of sp³-hybridized carbons (Fsp3) is 1.00. The Morgan fingerprint density at radius 1 is 1.29 bits per heavy atom. The Bertz CT molecular complexity index is 53.7. The van der Waals surface area contributed by atoms with Gasteiger partial charge in [-0.3, -0.25) is 0 Å². The molecule has 40 valence electrons. The van der Waals surface area contributed by atoms with Gasteiger partial charge in [0.25, 0.3) is 5.27 Å². The molecule has 1 heterocycles. The molecule has 0 aliphatic carbocycles. The molecule has 1 nitrogen and oxygen atoms in total. The summed E-state index contributed by atoms with van der Waals surface area (Å²) in [7, 11) is 0. The van der Waals surface area contributed by atoms with Crippen LogP contribution in [0.5, 0.6) is 0 Å². The van der Waals surface area contributed by atoms with Crippen molar-refractivity contribution in [2.24, 2.45) is 0 Å². The van der Waals surface area contributed by atoms with Crippen LogP contribution in [0.15, 0.2) is 0 Å². The summed E-state index contributed by atoms with van der Waals surface area (Å²) < 4.78 is 0. The highest BCUT2D eigenvalue weighted by Gasteiger charge is 2.08. The number of halogens is 1. The van der Waals surface area contributed by atoms with Crippen molar-refractivity contribution in [3.8, 4) is 0 Å². The molecule has 0 spiro atoms. The van der Waals surface area contributed by atoms with Gasteiger partial charge in [0.1, 0.15) is 0 Å². The van der Waals surface area contributed by atoms with E-state index in [4.69, 9.17) is 0 Å². The second-order valence-corrected chi connectivity index (χ2v) is 2.63. The summed E-state index contributed by atoms with van der Waals surface area (Å²) in [6.45, 7) is 2.67. The Hall–Kier alpha value is 0.755. The summed E-state index contributed by atoms with van der Waals surface area (Å²) in [5.41, 5.74) is 0. The van der Waals surface area contributed by atoms with Gasteiger partial charge in [-0.1, -0.05) is 0 Å². The van der Waals surface area contributed by atoms with Crippen LogP contribution in [0.25, 0.3) is 0 Å². The summed E-state index contributed by atoms with van der Waals surface area (Å²) in [6, 6.07) is 0. The predicted molar refractivity (Wildman–Crippen MR) is 42.0 cm³/mol. The summed E-state index contributed by atoms with van der Waals surface area (Å²) in [4.78, 5) is 2.47.